The second-order valence-electron chi connectivity index (χ2n) is 8.28. The maximum atomic E-state index is 13.0. The smallest absolute Gasteiger partial charge is 0.123 e. The first-order valence-electron chi connectivity index (χ1n) is 11.0. The van der Waals surface area contributed by atoms with Gasteiger partial charge < -0.3 is 9.47 Å². The molecule has 0 radical (unpaired) electrons. The van der Waals surface area contributed by atoms with Crippen LogP contribution in [0.15, 0.2) is 78.9 Å². The minimum atomic E-state index is -0.203. The quantitative estimate of drug-likeness (QED) is 0.380. The van der Waals surface area contributed by atoms with E-state index in [9.17, 15) is 4.39 Å². The van der Waals surface area contributed by atoms with Crippen LogP contribution in [0.4, 0.5) is 4.39 Å². The van der Waals surface area contributed by atoms with Crippen LogP contribution in [0.5, 0.6) is 5.75 Å². The summed E-state index contributed by atoms with van der Waals surface area (Å²) in [6.07, 6.45) is 2.31. The molecule has 0 bridgehead atoms. The molecule has 0 amide bonds. The molecule has 0 N–H and O–H groups in total. The summed E-state index contributed by atoms with van der Waals surface area (Å²) in [5, 5.41) is 0. The number of halogens is 2. The molecule has 1 aliphatic heterocycles. The van der Waals surface area contributed by atoms with Crippen LogP contribution < -0.4 is 4.74 Å². The van der Waals surface area contributed by atoms with E-state index in [0.29, 0.717) is 19.1 Å². The standard InChI is InChI=1S/C27H30FNO2.ClH/c28-26-10-6-24(7-11-26)19-30-20-25-14-16-29(17-15-25)18-22-8-12-27(13-9-22)31-21-23-4-2-1-3-5-23;/h1-13,25H,14-21H2;1H. The molecule has 5 heteroatoms. The third-order valence-corrected chi connectivity index (χ3v) is 5.82. The van der Waals surface area contributed by atoms with Crippen LogP contribution in [-0.4, -0.2) is 24.6 Å². The van der Waals surface area contributed by atoms with Crippen LogP contribution in [0.25, 0.3) is 0 Å². The molecular formula is C27H31ClFNO2. The Morgan fingerprint density at radius 2 is 1.38 bits per heavy atom. The number of likely N-dealkylation sites (tertiary alicyclic amines) is 1. The zero-order chi connectivity index (χ0) is 21.3. The number of hydrogen-bond donors (Lipinski definition) is 0. The molecule has 0 aliphatic carbocycles. The minimum absolute atomic E-state index is 0. The molecule has 1 saturated heterocycles. The molecule has 0 atom stereocenters. The van der Waals surface area contributed by atoms with Crippen LogP contribution in [0.3, 0.4) is 0 Å². The SMILES string of the molecule is Cl.Fc1ccc(COCC2CCN(Cc3ccc(OCc4ccccc4)cc3)CC2)cc1. The fourth-order valence-corrected chi connectivity index (χ4v) is 3.93. The molecule has 4 rings (SSSR count). The summed E-state index contributed by atoms with van der Waals surface area (Å²) < 4.78 is 24.7. The molecule has 3 nitrogen and oxygen atoms in total. The number of ether oxygens (including phenoxy) is 2. The zero-order valence-corrected chi connectivity index (χ0v) is 19.1. The van der Waals surface area contributed by atoms with E-state index in [1.54, 1.807) is 12.1 Å². The summed E-state index contributed by atoms with van der Waals surface area (Å²) in [6.45, 7) is 5.09. The van der Waals surface area contributed by atoms with Gasteiger partial charge in [0, 0.05) is 13.2 Å². The first-order chi connectivity index (χ1) is 15.2. The lowest BCUT2D eigenvalue weighted by Gasteiger charge is -2.31. The van der Waals surface area contributed by atoms with E-state index in [2.05, 4.69) is 41.3 Å². The van der Waals surface area contributed by atoms with Gasteiger partial charge in [-0.05, 0) is 72.8 Å². The third kappa shape index (κ3) is 7.63. The van der Waals surface area contributed by atoms with Gasteiger partial charge in [-0.15, -0.1) is 12.4 Å². The average molecular weight is 456 g/mol. The Kier molecular flexibility index (Phi) is 9.54. The largest absolute Gasteiger partial charge is 0.489 e. The Labute approximate surface area is 196 Å². The molecule has 170 valence electrons. The zero-order valence-electron chi connectivity index (χ0n) is 18.3. The van der Waals surface area contributed by atoms with E-state index in [1.165, 1.54) is 23.3 Å². The van der Waals surface area contributed by atoms with Gasteiger partial charge in [0.15, 0.2) is 0 Å². The lowest BCUT2D eigenvalue weighted by molar-refractivity contribution is 0.0562. The van der Waals surface area contributed by atoms with Crippen molar-refractivity contribution >= 4 is 12.4 Å². The van der Waals surface area contributed by atoms with Gasteiger partial charge in [0.2, 0.25) is 0 Å². The van der Waals surface area contributed by atoms with Crippen LogP contribution in [0.2, 0.25) is 0 Å². The van der Waals surface area contributed by atoms with Crippen molar-refractivity contribution in [3.63, 3.8) is 0 Å². The van der Waals surface area contributed by atoms with E-state index < -0.39 is 0 Å². The second kappa shape index (κ2) is 12.6. The van der Waals surface area contributed by atoms with Gasteiger partial charge in [0.05, 0.1) is 6.61 Å². The molecule has 0 saturated carbocycles. The number of hydrogen-bond acceptors (Lipinski definition) is 3. The Morgan fingerprint density at radius 1 is 0.750 bits per heavy atom. The number of rotatable bonds is 9. The van der Waals surface area contributed by atoms with Crippen molar-refractivity contribution in [2.45, 2.75) is 32.6 Å². The molecule has 0 unspecified atom stereocenters. The van der Waals surface area contributed by atoms with Gasteiger partial charge >= 0.3 is 0 Å². The molecule has 3 aromatic carbocycles. The van der Waals surface area contributed by atoms with E-state index in [0.717, 1.165) is 50.4 Å². The Morgan fingerprint density at radius 3 is 2.06 bits per heavy atom. The number of piperidine rings is 1. The van der Waals surface area contributed by atoms with Gasteiger partial charge in [-0.25, -0.2) is 4.39 Å². The maximum Gasteiger partial charge on any atom is 0.123 e. The first-order valence-corrected chi connectivity index (χ1v) is 11.0. The van der Waals surface area contributed by atoms with E-state index in [4.69, 9.17) is 9.47 Å². The molecule has 3 aromatic rings. The maximum absolute atomic E-state index is 13.0. The lowest BCUT2D eigenvalue weighted by Crippen LogP contribution is -2.34. The van der Waals surface area contributed by atoms with Crippen molar-refractivity contribution in [3.05, 3.63) is 101 Å². The summed E-state index contributed by atoms with van der Waals surface area (Å²) in [5.74, 6) is 1.31. The van der Waals surface area contributed by atoms with Gasteiger partial charge in [0.25, 0.3) is 0 Å². The highest BCUT2D eigenvalue weighted by molar-refractivity contribution is 5.85. The van der Waals surface area contributed by atoms with Crippen LogP contribution >= 0.6 is 12.4 Å². The third-order valence-electron chi connectivity index (χ3n) is 5.82. The minimum Gasteiger partial charge on any atom is -0.489 e. The highest BCUT2D eigenvalue weighted by Gasteiger charge is 2.19. The van der Waals surface area contributed by atoms with Crippen molar-refractivity contribution in [2.75, 3.05) is 19.7 Å². The van der Waals surface area contributed by atoms with Crippen molar-refractivity contribution < 1.29 is 13.9 Å². The van der Waals surface area contributed by atoms with Crippen LogP contribution in [0, 0.1) is 11.7 Å². The molecule has 0 aromatic heterocycles. The number of nitrogens with zero attached hydrogens (tertiary/aromatic N) is 1. The summed E-state index contributed by atoms with van der Waals surface area (Å²) in [5.41, 5.74) is 3.52. The van der Waals surface area contributed by atoms with E-state index >= 15 is 0 Å². The predicted molar refractivity (Wildman–Crippen MR) is 129 cm³/mol. The van der Waals surface area contributed by atoms with Crippen LogP contribution in [0.1, 0.15) is 29.5 Å². The normalized spacial score (nSPS) is 14.7. The highest BCUT2D eigenvalue weighted by atomic mass is 35.5. The van der Waals surface area contributed by atoms with Gasteiger partial charge in [-0.1, -0.05) is 54.6 Å². The monoisotopic (exact) mass is 455 g/mol. The predicted octanol–water partition coefficient (Wildman–Crippen LogP) is 6.26. The summed E-state index contributed by atoms with van der Waals surface area (Å²) in [4.78, 5) is 2.51. The molecule has 0 spiro atoms. The average Bonchev–Trinajstić information content (AvgIpc) is 2.82. The first kappa shape index (κ1) is 24.2. The number of benzene rings is 3. The summed E-state index contributed by atoms with van der Waals surface area (Å²) in [6, 6.07) is 25.2. The van der Waals surface area contributed by atoms with Crippen molar-refractivity contribution in [2.24, 2.45) is 5.92 Å². The van der Waals surface area contributed by atoms with Gasteiger partial charge in [0.1, 0.15) is 18.2 Å². The van der Waals surface area contributed by atoms with Crippen molar-refractivity contribution in [1.29, 1.82) is 0 Å². The molecule has 1 heterocycles. The molecule has 1 aliphatic rings. The lowest BCUT2D eigenvalue weighted by atomic mass is 9.97. The molecular weight excluding hydrogens is 425 g/mol. The highest BCUT2D eigenvalue weighted by Crippen LogP contribution is 2.21. The van der Waals surface area contributed by atoms with Crippen LogP contribution in [-0.2, 0) is 24.5 Å². The summed E-state index contributed by atoms with van der Waals surface area (Å²) in [7, 11) is 0. The summed E-state index contributed by atoms with van der Waals surface area (Å²) >= 11 is 0. The second-order valence-corrected chi connectivity index (χ2v) is 8.28. The van der Waals surface area contributed by atoms with E-state index in [1.807, 2.05) is 18.2 Å². The van der Waals surface area contributed by atoms with Gasteiger partial charge in [-0.3, -0.25) is 4.90 Å². The van der Waals surface area contributed by atoms with Gasteiger partial charge in [-0.2, -0.15) is 0 Å². The Bertz CT molecular complexity index is 911. The fraction of sp³-hybridized carbons (Fsp3) is 0.333. The fourth-order valence-electron chi connectivity index (χ4n) is 3.93. The Hall–Kier alpha value is -2.40. The molecule has 32 heavy (non-hydrogen) atoms. The van der Waals surface area contributed by atoms with E-state index in [-0.39, 0.29) is 18.2 Å². The molecule has 1 fully saturated rings. The Balaban J connectivity index is 0.00000289. The van der Waals surface area contributed by atoms with Crippen molar-refractivity contribution in [1.82, 2.24) is 4.90 Å². The topological polar surface area (TPSA) is 21.7 Å². The van der Waals surface area contributed by atoms with Crippen molar-refractivity contribution in [3.8, 4) is 5.75 Å².